The summed E-state index contributed by atoms with van der Waals surface area (Å²) in [6.07, 6.45) is 0. The van der Waals surface area contributed by atoms with E-state index < -0.39 is 8.53 Å². The van der Waals surface area contributed by atoms with Crippen LogP contribution in [0.5, 0.6) is 0 Å². The van der Waals surface area contributed by atoms with Gasteiger partial charge in [-0.15, -0.1) is 0 Å². The average Bonchev–Trinajstić information content (AvgIpc) is 2.66. The summed E-state index contributed by atoms with van der Waals surface area (Å²) in [5.41, 5.74) is 7.88. The van der Waals surface area contributed by atoms with Crippen LogP contribution in [0, 0.1) is 5.41 Å². The molecule has 0 aliphatic carbocycles. The van der Waals surface area contributed by atoms with Crippen molar-refractivity contribution in [2.45, 2.75) is 60.0 Å². The van der Waals surface area contributed by atoms with Gasteiger partial charge in [0.05, 0.1) is 59.5 Å². The predicted octanol–water partition coefficient (Wildman–Crippen LogP) is 4.13. The summed E-state index contributed by atoms with van der Waals surface area (Å²) in [5.74, 6) is 0. The van der Waals surface area contributed by atoms with Crippen LogP contribution in [-0.2, 0) is 23.5 Å². The van der Waals surface area contributed by atoms with Crippen LogP contribution < -0.4 is 0 Å². The van der Waals surface area contributed by atoms with Gasteiger partial charge in [0.15, 0.2) is 0 Å². The Bertz CT molecular complexity index is 499. The minimum absolute atomic E-state index is 0.0123. The third-order valence-electron chi connectivity index (χ3n) is 5.03. The van der Waals surface area contributed by atoms with E-state index in [-0.39, 0.29) is 17.0 Å². The average molecular weight is 467 g/mol. The molecule has 0 amide bonds. The summed E-state index contributed by atoms with van der Waals surface area (Å²) in [5, 5.41) is 3.37. The number of nitrogens with zero attached hydrogens (tertiary/aromatic N) is 4. The molecule has 0 saturated heterocycles. The highest BCUT2D eigenvalue weighted by Gasteiger charge is 2.43. The Morgan fingerprint density at radius 2 is 1.26 bits per heavy atom. The second-order valence-electron chi connectivity index (χ2n) is 8.74. The van der Waals surface area contributed by atoms with Crippen molar-refractivity contribution in [3.8, 4) is 0 Å². The number of rotatable bonds is 19. The molecule has 1 unspecified atom stereocenters. The van der Waals surface area contributed by atoms with Gasteiger partial charge in [-0.05, 0) is 38.6 Å². The van der Waals surface area contributed by atoms with Crippen molar-refractivity contribution in [1.82, 2.24) is 4.67 Å². The van der Waals surface area contributed by atoms with Gasteiger partial charge in [0, 0.05) is 23.0 Å². The highest BCUT2D eigenvalue weighted by molar-refractivity contribution is 7.43. The van der Waals surface area contributed by atoms with Gasteiger partial charge >= 0.3 is 0 Å². The van der Waals surface area contributed by atoms with Crippen LogP contribution in [0.3, 0.4) is 0 Å². The van der Waals surface area contributed by atoms with E-state index in [9.17, 15) is 4.89 Å². The van der Waals surface area contributed by atoms with Gasteiger partial charge in [0.2, 0.25) is 0 Å². The first kappa shape index (κ1) is 30.5. The van der Waals surface area contributed by atoms with Gasteiger partial charge in [-0.2, -0.15) is 0 Å². The largest absolute Gasteiger partial charge is 0.379 e. The maximum atomic E-state index is 10.6. The van der Waals surface area contributed by atoms with Crippen molar-refractivity contribution < 1.29 is 28.4 Å². The number of hydrogen-bond acceptors (Lipinski definition) is 8. The molecule has 0 rings (SSSR count). The van der Waals surface area contributed by atoms with Crippen LogP contribution in [0.2, 0.25) is 0 Å². The van der Waals surface area contributed by atoms with Crippen LogP contribution >= 0.6 is 8.53 Å². The number of hydrogen-bond donors (Lipinski definition) is 1. The van der Waals surface area contributed by atoms with E-state index >= 15 is 0 Å². The third kappa shape index (κ3) is 13.6. The molecule has 0 fully saturated rings. The van der Waals surface area contributed by atoms with Gasteiger partial charge in [-0.25, -0.2) is 4.67 Å². The van der Waals surface area contributed by atoms with Crippen molar-refractivity contribution in [2.24, 2.45) is 10.5 Å². The smallest absolute Gasteiger partial charge is 0.256 e. The Labute approximate surface area is 189 Å². The molecule has 0 saturated carbocycles. The third-order valence-corrected chi connectivity index (χ3v) is 6.77. The predicted molar refractivity (Wildman–Crippen MR) is 123 cm³/mol. The molecule has 0 aliphatic rings. The van der Waals surface area contributed by atoms with Crippen molar-refractivity contribution >= 4 is 8.53 Å². The van der Waals surface area contributed by atoms with E-state index in [1.165, 1.54) is 0 Å². The van der Waals surface area contributed by atoms with Crippen LogP contribution in [0.4, 0.5) is 0 Å². The molecule has 0 bridgehead atoms. The van der Waals surface area contributed by atoms with Crippen molar-refractivity contribution in [3.05, 3.63) is 10.4 Å². The van der Waals surface area contributed by atoms with E-state index in [1.54, 1.807) is 0 Å². The summed E-state index contributed by atoms with van der Waals surface area (Å²) >= 11 is 0. The molecule has 0 radical (unpaired) electrons. The van der Waals surface area contributed by atoms with E-state index in [1.807, 2.05) is 0 Å². The maximum absolute atomic E-state index is 10.6. The van der Waals surface area contributed by atoms with Gasteiger partial charge in [-0.3, -0.25) is 0 Å². The molecule has 0 spiro atoms. The Morgan fingerprint density at radius 3 is 1.65 bits per heavy atom. The van der Waals surface area contributed by atoms with Crippen molar-refractivity contribution in [2.75, 3.05) is 66.0 Å². The second-order valence-corrected chi connectivity index (χ2v) is 9.93. The first-order valence-corrected chi connectivity index (χ1v) is 11.9. The van der Waals surface area contributed by atoms with E-state index in [4.69, 9.17) is 29.0 Å². The minimum atomic E-state index is -1.70. The summed E-state index contributed by atoms with van der Waals surface area (Å²) < 4.78 is 29.3. The van der Waals surface area contributed by atoms with E-state index in [0.717, 1.165) is 0 Å². The van der Waals surface area contributed by atoms with Crippen LogP contribution in [0.15, 0.2) is 5.11 Å². The van der Waals surface area contributed by atoms with E-state index in [2.05, 4.69) is 63.2 Å². The molecule has 11 heteroatoms. The summed E-state index contributed by atoms with van der Waals surface area (Å²) in [7, 11) is -1.70. The summed E-state index contributed by atoms with van der Waals surface area (Å²) in [6, 6.07) is 0.158. The molecule has 1 atom stereocenters. The van der Waals surface area contributed by atoms with Gasteiger partial charge in [0.1, 0.15) is 0 Å². The van der Waals surface area contributed by atoms with Crippen molar-refractivity contribution in [3.63, 3.8) is 0 Å². The fraction of sp³-hybridized carbons (Fsp3) is 1.00. The standard InChI is InChI=1S/C20H43N4O6P/c1-18(2)24(20(6,7)19(3,4)5)31(25)30-17-16-29-15-14-28-13-12-27-11-10-26-9-8-22-23-21/h18,25H,8-17H2,1-7H3. The van der Waals surface area contributed by atoms with Crippen molar-refractivity contribution in [1.29, 1.82) is 0 Å². The zero-order chi connectivity index (χ0) is 23.8. The first-order valence-electron chi connectivity index (χ1n) is 10.8. The van der Waals surface area contributed by atoms with E-state index in [0.29, 0.717) is 66.0 Å². The molecule has 0 aromatic heterocycles. The van der Waals surface area contributed by atoms with Crippen LogP contribution in [-0.4, -0.2) is 87.2 Å². The van der Waals surface area contributed by atoms with Crippen LogP contribution in [0.1, 0.15) is 48.5 Å². The van der Waals surface area contributed by atoms with Gasteiger partial charge in [-0.1, -0.05) is 25.9 Å². The fourth-order valence-electron chi connectivity index (χ4n) is 2.55. The molecule has 0 aromatic rings. The molecule has 0 aromatic carbocycles. The molecule has 0 heterocycles. The molecule has 1 N–H and O–H groups in total. The second kappa shape index (κ2) is 17.0. The summed E-state index contributed by atoms with van der Waals surface area (Å²) in [6.45, 7) is 19.2. The highest BCUT2D eigenvalue weighted by atomic mass is 31.2. The topological polar surface area (TPSA) is 118 Å². The highest BCUT2D eigenvalue weighted by Crippen LogP contribution is 2.49. The zero-order valence-electron chi connectivity index (χ0n) is 20.4. The lowest BCUT2D eigenvalue weighted by Gasteiger charge is -2.50. The number of azide groups is 1. The zero-order valence-corrected chi connectivity index (χ0v) is 21.3. The SMILES string of the molecule is CC(C)N(P(O)OCCOCCOCCOCCOCCN=[N+]=[N-])C(C)(C)C(C)(C)C. The number of ether oxygens (including phenoxy) is 4. The Kier molecular flexibility index (Phi) is 16.7. The van der Waals surface area contributed by atoms with Gasteiger partial charge in [0.25, 0.3) is 8.53 Å². The quantitative estimate of drug-likeness (QED) is 0.0999. The fourth-order valence-corrected chi connectivity index (χ4v) is 4.04. The lowest BCUT2D eigenvalue weighted by molar-refractivity contribution is -0.00522. The summed E-state index contributed by atoms with van der Waals surface area (Å²) in [4.78, 5) is 13.3. The lowest BCUT2D eigenvalue weighted by Crippen LogP contribution is -2.53. The first-order chi connectivity index (χ1) is 14.6. The molecule has 10 nitrogen and oxygen atoms in total. The maximum Gasteiger partial charge on any atom is 0.256 e. The lowest BCUT2D eigenvalue weighted by atomic mass is 9.76. The molecule has 31 heavy (non-hydrogen) atoms. The van der Waals surface area contributed by atoms with Crippen LogP contribution in [0.25, 0.3) is 10.4 Å². The monoisotopic (exact) mass is 466 g/mol. The molecule has 184 valence electrons. The molecule has 0 aliphatic heterocycles. The molecular formula is C20H43N4O6P. The minimum Gasteiger partial charge on any atom is -0.379 e. The Morgan fingerprint density at radius 1 is 0.839 bits per heavy atom. The normalized spacial score (nSPS) is 13.6. The Balaban J connectivity index is 3.74. The molecular weight excluding hydrogens is 423 g/mol. The Hall–Kier alpha value is -0.540. The van der Waals surface area contributed by atoms with Gasteiger partial charge < -0.3 is 28.4 Å².